The van der Waals surface area contributed by atoms with E-state index in [1.807, 2.05) is 6.92 Å². The third-order valence-corrected chi connectivity index (χ3v) is 2.76. The maximum absolute atomic E-state index is 11.7. The summed E-state index contributed by atoms with van der Waals surface area (Å²) < 4.78 is 0.821. The van der Waals surface area contributed by atoms with Gasteiger partial charge in [0.2, 0.25) is 0 Å². The fourth-order valence-corrected chi connectivity index (χ4v) is 1.78. The van der Waals surface area contributed by atoms with Gasteiger partial charge in [-0.15, -0.1) is 0 Å². The third-order valence-electron chi connectivity index (χ3n) is 2.30. The van der Waals surface area contributed by atoms with Gasteiger partial charge in [0.25, 0.3) is 5.91 Å². The number of carbonyl (C=O) groups excluding carboxylic acids is 1. The highest BCUT2D eigenvalue weighted by Gasteiger charge is 2.11. The first-order valence-corrected chi connectivity index (χ1v) is 6.15. The van der Waals surface area contributed by atoms with Crippen molar-refractivity contribution in [1.29, 1.82) is 0 Å². The Bertz CT molecular complexity index is 403. The van der Waals surface area contributed by atoms with Gasteiger partial charge in [-0.05, 0) is 41.8 Å². The topological polar surface area (TPSA) is 82.2 Å². The molecule has 0 fully saturated rings. The molecule has 0 aliphatic rings. The highest BCUT2D eigenvalue weighted by atomic mass is 79.9. The lowest BCUT2D eigenvalue weighted by molar-refractivity contribution is -0.137. The zero-order valence-electron chi connectivity index (χ0n) is 9.50. The number of carbonyl (C=O) groups is 2. The summed E-state index contributed by atoms with van der Waals surface area (Å²) in [5, 5.41) is 11.3. The average molecular weight is 303 g/mol. The number of halogens is 1. The van der Waals surface area contributed by atoms with Crippen molar-refractivity contribution in [2.75, 3.05) is 0 Å². The van der Waals surface area contributed by atoms with Gasteiger partial charge in [-0.3, -0.25) is 9.59 Å². The van der Waals surface area contributed by atoms with Gasteiger partial charge in [-0.25, -0.2) is 0 Å². The Morgan fingerprint density at radius 1 is 1.59 bits per heavy atom. The molecule has 5 nitrogen and oxygen atoms in total. The van der Waals surface area contributed by atoms with Crippen LogP contribution in [-0.2, 0) is 4.79 Å². The Hall–Kier alpha value is -1.30. The summed E-state index contributed by atoms with van der Waals surface area (Å²) in [5.74, 6) is -0.990. The summed E-state index contributed by atoms with van der Waals surface area (Å²) in [4.78, 5) is 24.8. The van der Waals surface area contributed by atoms with Gasteiger partial charge in [0, 0.05) is 23.1 Å². The van der Waals surface area contributed by atoms with Crippen LogP contribution in [0.4, 0.5) is 0 Å². The summed E-state index contributed by atoms with van der Waals surface area (Å²) in [6, 6.07) is 1.66. The second kappa shape index (κ2) is 6.44. The van der Waals surface area contributed by atoms with E-state index in [1.54, 1.807) is 12.3 Å². The SMILES string of the molecule is CC(CCCC(=O)O)NC(=O)c1cc(Br)c[nH]1. The molecule has 1 aromatic heterocycles. The van der Waals surface area contributed by atoms with Gasteiger partial charge in [0.1, 0.15) is 5.69 Å². The van der Waals surface area contributed by atoms with E-state index < -0.39 is 5.97 Å². The van der Waals surface area contributed by atoms with E-state index in [9.17, 15) is 9.59 Å². The van der Waals surface area contributed by atoms with Gasteiger partial charge >= 0.3 is 5.97 Å². The van der Waals surface area contributed by atoms with Crippen LogP contribution >= 0.6 is 15.9 Å². The standard InChI is InChI=1S/C11H15BrN2O3/c1-7(3-2-4-10(15)16)14-11(17)9-5-8(12)6-13-9/h5-7,13H,2-4H2,1H3,(H,14,17)(H,15,16). The van der Waals surface area contributed by atoms with E-state index in [0.717, 1.165) is 4.47 Å². The molecule has 0 spiro atoms. The van der Waals surface area contributed by atoms with Crippen LogP contribution < -0.4 is 5.32 Å². The zero-order chi connectivity index (χ0) is 12.8. The minimum atomic E-state index is -0.808. The van der Waals surface area contributed by atoms with Crippen molar-refractivity contribution in [2.45, 2.75) is 32.2 Å². The van der Waals surface area contributed by atoms with Gasteiger partial charge in [-0.2, -0.15) is 0 Å². The van der Waals surface area contributed by atoms with E-state index in [0.29, 0.717) is 18.5 Å². The van der Waals surface area contributed by atoms with E-state index >= 15 is 0 Å². The van der Waals surface area contributed by atoms with E-state index in [2.05, 4.69) is 26.2 Å². The summed E-state index contributed by atoms with van der Waals surface area (Å²) in [6.07, 6.45) is 3.03. The molecule has 1 unspecified atom stereocenters. The van der Waals surface area contributed by atoms with Crippen LogP contribution in [0.3, 0.4) is 0 Å². The summed E-state index contributed by atoms with van der Waals surface area (Å²) in [6.45, 7) is 1.86. The highest BCUT2D eigenvalue weighted by Crippen LogP contribution is 2.11. The summed E-state index contributed by atoms with van der Waals surface area (Å²) in [5.41, 5.74) is 0.488. The number of nitrogens with one attached hydrogen (secondary N) is 2. The van der Waals surface area contributed by atoms with Crippen LogP contribution in [0.15, 0.2) is 16.7 Å². The molecule has 1 aromatic rings. The van der Waals surface area contributed by atoms with E-state index in [4.69, 9.17) is 5.11 Å². The first-order chi connectivity index (χ1) is 7.99. The Balaban J connectivity index is 2.33. The zero-order valence-corrected chi connectivity index (χ0v) is 11.1. The van der Waals surface area contributed by atoms with Crippen LogP contribution in [0.2, 0.25) is 0 Å². The normalized spacial score (nSPS) is 12.1. The van der Waals surface area contributed by atoms with Crippen LogP contribution in [0.1, 0.15) is 36.7 Å². The molecule has 0 aromatic carbocycles. The number of carboxylic acid groups (broad SMARTS) is 1. The van der Waals surface area contributed by atoms with Crippen LogP contribution in [0, 0.1) is 0 Å². The molecule has 0 aliphatic carbocycles. The first kappa shape index (κ1) is 13.8. The second-order valence-electron chi connectivity index (χ2n) is 3.89. The van der Waals surface area contributed by atoms with Crippen molar-refractivity contribution in [3.63, 3.8) is 0 Å². The Kier molecular flexibility index (Phi) is 5.21. The minimum Gasteiger partial charge on any atom is -0.481 e. The molecule has 1 amide bonds. The third kappa shape index (κ3) is 5.04. The molecule has 1 rings (SSSR count). The number of amides is 1. The Morgan fingerprint density at radius 2 is 2.29 bits per heavy atom. The van der Waals surface area contributed by atoms with Crippen LogP contribution in [0.25, 0.3) is 0 Å². The fourth-order valence-electron chi connectivity index (χ4n) is 1.43. The molecule has 94 valence electrons. The monoisotopic (exact) mass is 302 g/mol. The van der Waals surface area contributed by atoms with E-state index in [-0.39, 0.29) is 18.4 Å². The van der Waals surface area contributed by atoms with Gasteiger partial charge in [0.05, 0.1) is 0 Å². The molecule has 0 bridgehead atoms. The van der Waals surface area contributed by atoms with Crippen LogP contribution in [0.5, 0.6) is 0 Å². The maximum Gasteiger partial charge on any atom is 0.303 e. The second-order valence-corrected chi connectivity index (χ2v) is 4.81. The molecule has 0 saturated heterocycles. The quantitative estimate of drug-likeness (QED) is 0.753. The van der Waals surface area contributed by atoms with Crippen molar-refractivity contribution < 1.29 is 14.7 Å². The summed E-state index contributed by atoms with van der Waals surface area (Å²) >= 11 is 3.25. The lowest BCUT2D eigenvalue weighted by Gasteiger charge is -2.12. The molecule has 17 heavy (non-hydrogen) atoms. The molecular formula is C11H15BrN2O3. The Morgan fingerprint density at radius 3 is 2.82 bits per heavy atom. The number of carboxylic acids is 1. The predicted octanol–water partition coefficient (Wildman–Crippen LogP) is 2.15. The molecule has 1 heterocycles. The van der Waals surface area contributed by atoms with Crippen LogP contribution in [-0.4, -0.2) is 28.0 Å². The van der Waals surface area contributed by atoms with Crippen molar-refractivity contribution in [1.82, 2.24) is 10.3 Å². The Labute approximate surface area is 108 Å². The van der Waals surface area contributed by atoms with Crippen molar-refractivity contribution in [2.24, 2.45) is 0 Å². The largest absolute Gasteiger partial charge is 0.481 e. The van der Waals surface area contributed by atoms with Gasteiger partial charge in [0.15, 0.2) is 0 Å². The summed E-state index contributed by atoms with van der Waals surface area (Å²) in [7, 11) is 0. The lowest BCUT2D eigenvalue weighted by atomic mass is 10.1. The molecule has 0 radical (unpaired) electrons. The molecule has 6 heteroatoms. The van der Waals surface area contributed by atoms with Crippen molar-refractivity contribution in [3.05, 3.63) is 22.4 Å². The molecule has 3 N–H and O–H groups in total. The number of aliphatic carboxylic acids is 1. The molecular weight excluding hydrogens is 288 g/mol. The highest BCUT2D eigenvalue weighted by molar-refractivity contribution is 9.10. The number of rotatable bonds is 6. The fraction of sp³-hybridized carbons (Fsp3) is 0.455. The number of hydrogen-bond acceptors (Lipinski definition) is 2. The minimum absolute atomic E-state index is 0.0380. The predicted molar refractivity (Wildman–Crippen MR) is 66.9 cm³/mol. The van der Waals surface area contributed by atoms with Crippen molar-refractivity contribution in [3.8, 4) is 0 Å². The average Bonchev–Trinajstić information content (AvgIpc) is 2.64. The van der Waals surface area contributed by atoms with Gasteiger partial charge in [-0.1, -0.05) is 0 Å². The first-order valence-electron chi connectivity index (χ1n) is 5.35. The molecule has 0 aliphatic heterocycles. The van der Waals surface area contributed by atoms with Crippen molar-refractivity contribution >= 4 is 27.8 Å². The number of hydrogen-bond donors (Lipinski definition) is 3. The lowest BCUT2D eigenvalue weighted by Crippen LogP contribution is -2.32. The smallest absolute Gasteiger partial charge is 0.303 e. The molecule has 1 atom stereocenters. The van der Waals surface area contributed by atoms with Gasteiger partial charge < -0.3 is 15.4 Å². The number of H-pyrrole nitrogens is 1. The maximum atomic E-state index is 11.7. The number of aromatic nitrogens is 1. The molecule has 0 saturated carbocycles. The van der Waals surface area contributed by atoms with E-state index in [1.165, 1.54) is 0 Å². The number of aromatic amines is 1.